The van der Waals surface area contributed by atoms with E-state index in [-0.39, 0.29) is 5.28 Å². The van der Waals surface area contributed by atoms with Gasteiger partial charge in [0.1, 0.15) is 0 Å². The molecule has 0 fully saturated rings. The first kappa shape index (κ1) is 10.1. The standard InChI is InChI=1S/C12H9ClN4/c13-12-15-5-4-10(17-12)8-6-16-11-7(8)2-1-3-9(11)14/h1-6,16H,14H2. The first-order valence-corrected chi connectivity index (χ1v) is 5.48. The van der Waals surface area contributed by atoms with Gasteiger partial charge in [0.25, 0.3) is 0 Å². The molecule has 0 atom stereocenters. The second-order valence-corrected chi connectivity index (χ2v) is 4.02. The Bertz CT molecular complexity index is 690. The lowest BCUT2D eigenvalue weighted by Gasteiger charge is -1.99. The number of nitrogen functional groups attached to an aromatic ring is 1. The number of H-pyrrole nitrogens is 1. The average molecular weight is 245 g/mol. The Balaban J connectivity index is 2.28. The van der Waals surface area contributed by atoms with Crippen LogP contribution in [0.4, 0.5) is 5.69 Å². The first-order chi connectivity index (χ1) is 8.25. The summed E-state index contributed by atoms with van der Waals surface area (Å²) in [5.74, 6) is 0. The highest BCUT2D eigenvalue weighted by atomic mass is 35.5. The molecule has 0 saturated carbocycles. The van der Waals surface area contributed by atoms with Crippen molar-refractivity contribution in [2.75, 3.05) is 5.73 Å². The molecule has 3 rings (SSSR count). The molecule has 1 aromatic carbocycles. The smallest absolute Gasteiger partial charge is 0.222 e. The van der Waals surface area contributed by atoms with Crippen molar-refractivity contribution in [1.29, 1.82) is 0 Å². The van der Waals surface area contributed by atoms with E-state index >= 15 is 0 Å². The van der Waals surface area contributed by atoms with Crippen molar-refractivity contribution in [1.82, 2.24) is 15.0 Å². The zero-order chi connectivity index (χ0) is 11.8. The summed E-state index contributed by atoms with van der Waals surface area (Å²) in [5.41, 5.74) is 9.27. The Kier molecular flexibility index (Phi) is 2.23. The predicted molar refractivity (Wildman–Crippen MR) is 68.7 cm³/mol. The maximum Gasteiger partial charge on any atom is 0.222 e. The molecule has 0 radical (unpaired) electrons. The van der Waals surface area contributed by atoms with Crippen LogP contribution in [0.5, 0.6) is 0 Å². The molecule has 0 spiro atoms. The number of aromatic nitrogens is 3. The molecule has 5 heteroatoms. The minimum atomic E-state index is 0.237. The van der Waals surface area contributed by atoms with E-state index in [0.717, 1.165) is 22.2 Å². The Morgan fingerprint density at radius 2 is 2.12 bits per heavy atom. The number of halogens is 1. The van der Waals surface area contributed by atoms with Gasteiger partial charge in [0, 0.05) is 23.3 Å². The minimum Gasteiger partial charge on any atom is -0.397 e. The van der Waals surface area contributed by atoms with E-state index in [0.29, 0.717) is 5.69 Å². The van der Waals surface area contributed by atoms with Crippen LogP contribution in [0.25, 0.3) is 22.2 Å². The maximum atomic E-state index is 5.89. The van der Waals surface area contributed by atoms with Crippen molar-refractivity contribution in [2.24, 2.45) is 0 Å². The molecular weight excluding hydrogens is 236 g/mol. The van der Waals surface area contributed by atoms with Crippen LogP contribution in [-0.4, -0.2) is 15.0 Å². The van der Waals surface area contributed by atoms with Crippen molar-refractivity contribution in [3.05, 3.63) is 41.9 Å². The summed E-state index contributed by atoms with van der Waals surface area (Å²) < 4.78 is 0. The number of hydrogen-bond donors (Lipinski definition) is 2. The number of rotatable bonds is 1. The van der Waals surface area contributed by atoms with Crippen LogP contribution in [0, 0.1) is 0 Å². The van der Waals surface area contributed by atoms with E-state index in [2.05, 4.69) is 15.0 Å². The van der Waals surface area contributed by atoms with Crippen LogP contribution in [0.15, 0.2) is 36.7 Å². The van der Waals surface area contributed by atoms with Crippen LogP contribution in [0.3, 0.4) is 0 Å². The largest absolute Gasteiger partial charge is 0.397 e. The molecule has 3 aromatic rings. The van der Waals surface area contributed by atoms with Gasteiger partial charge in [0.2, 0.25) is 5.28 Å². The normalized spacial score (nSPS) is 10.9. The zero-order valence-electron chi connectivity index (χ0n) is 8.81. The van der Waals surface area contributed by atoms with Gasteiger partial charge in [0.15, 0.2) is 0 Å². The summed E-state index contributed by atoms with van der Waals surface area (Å²) in [6.45, 7) is 0. The van der Waals surface area contributed by atoms with Gasteiger partial charge in [-0.3, -0.25) is 0 Å². The topological polar surface area (TPSA) is 67.6 Å². The van der Waals surface area contributed by atoms with E-state index in [1.54, 1.807) is 6.20 Å². The number of fused-ring (bicyclic) bond motifs is 1. The second-order valence-electron chi connectivity index (χ2n) is 3.68. The number of aromatic amines is 1. The molecule has 4 nitrogen and oxygen atoms in total. The fourth-order valence-electron chi connectivity index (χ4n) is 1.87. The number of benzene rings is 1. The van der Waals surface area contributed by atoms with Crippen LogP contribution in [0.1, 0.15) is 0 Å². The molecule has 0 aliphatic rings. The van der Waals surface area contributed by atoms with Crippen LogP contribution in [0.2, 0.25) is 5.28 Å². The van der Waals surface area contributed by atoms with Crippen LogP contribution < -0.4 is 5.73 Å². The quantitative estimate of drug-likeness (QED) is 0.511. The molecule has 0 amide bonds. The van der Waals surface area contributed by atoms with E-state index < -0.39 is 0 Å². The maximum absolute atomic E-state index is 5.89. The highest BCUT2D eigenvalue weighted by Gasteiger charge is 2.09. The Labute approximate surface area is 102 Å². The van der Waals surface area contributed by atoms with Gasteiger partial charge in [-0.25, -0.2) is 9.97 Å². The van der Waals surface area contributed by atoms with E-state index in [1.165, 1.54) is 0 Å². The SMILES string of the molecule is Nc1cccc2c(-c3ccnc(Cl)n3)c[nH]c12. The number of hydrogen-bond acceptors (Lipinski definition) is 3. The van der Waals surface area contributed by atoms with Crippen LogP contribution >= 0.6 is 11.6 Å². The zero-order valence-corrected chi connectivity index (χ0v) is 9.57. The van der Waals surface area contributed by atoms with E-state index in [4.69, 9.17) is 17.3 Å². The number of anilines is 1. The molecule has 3 N–H and O–H groups in total. The highest BCUT2D eigenvalue weighted by Crippen LogP contribution is 2.30. The van der Waals surface area contributed by atoms with Gasteiger partial charge in [-0.15, -0.1) is 0 Å². The van der Waals surface area contributed by atoms with Crippen molar-refractivity contribution < 1.29 is 0 Å². The third-order valence-electron chi connectivity index (χ3n) is 2.65. The van der Waals surface area contributed by atoms with Gasteiger partial charge in [0.05, 0.1) is 16.9 Å². The van der Waals surface area contributed by atoms with E-state index in [9.17, 15) is 0 Å². The van der Waals surface area contributed by atoms with Crippen LogP contribution in [-0.2, 0) is 0 Å². The van der Waals surface area contributed by atoms with Gasteiger partial charge in [-0.2, -0.15) is 0 Å². The molecule has 0 saturated heterocycles. The van der Waals surface area contributed by atoms with Gasteiger partial charge in [-0.1, -0.05) is 12.1 Å². The summed E-state index contributed by atoms with van der Waals surface area (Å²) in [5, 5.41) is 1.26. The number of nitrogens with zero attached hydrogens (tertiary/aromatic N) is 2. The Hall–Kier alpha value is -2.07. The lowest BCUT2D eigenvalue weighted by atomic mass is 10.1. The van der Waals surface area contributed by atoms with E-state index in [1.807, 2.05) is 30.5 Å². The molecule has 2 aromatic heterocycles. The fourth-order valence-corrected chi connectivity index (χ4v) is 2.02. The average Bonchev–Trinajstić information content (AvgIpc) is 2.74. The summed E-state index contributed by atoms with van der Waals surface area (Å²) in [4.78, 5) is 11.2. The molecule has 0 bridgehead atoms. The minimum absolute atomic E-state index is 0.237. The van der Waals surface area contributed by atoms with Gasteiger partial charge in [-0.05, 0) is 23.7 Å². The van der Waals surface area contributed by atoms with Crippen molar-refractivity contribution in [3.8, 4) is 11.3 Å². The Morgan fingerprint density at radius 3 is 2.94 bits per heavy atom. The van der Waals surface area contributed by atoms with Gasteiger partial charge >= 0.3 is 0 Å². The number of nitrogens with two attached hydrogens (primary N) is 1. The summed E-state index contributed by atoms with van der Waals surface area (Å²) in [6.07, 6.45) is 3.51. The summed E-state index contributed by atoms with van der Waals surface area (Å²) in [6, 6.07) is 7.58. The van der Waals surface area contributed by atoms with Gasteiger partial charge < -0.3 is 10.7 Å². The van der Waals surface area contributed by atoms with Crippen molar-refractivity contribution >= 4 is 28.2 Å². The third-order valence-corrected chi connectivity index (χ3v) is 2.83. The molecule has 0 aliphatic carbocycles. The molecule has 2 heterocycles. The van der Waals surface area contributed by atoms with Crippen molar-refractivity contribution in [2.45, 2.75) is 0 Å². The lowest BCUT2D eigenvalue weighted by Crippen LogP contribution is -1.86. The lowest BCUT2D eigenvalue weighted by molar-refractivity contribution is 1.17. The number of nitrogens with one attached hydrogen (secondary N) is 1. The fraction of sp³-hybridized carbons (Fsp3) is 0. The number of para-hydroxylation sites is 1. The Morgan fingerprint density at radius 1 is 1.24 bits per heavy atom. The molecule has 0 unspecified atom stereocenters. The third kappa shape index (κ3) is 1.62. The predicted octanol–water partition coefficient (Wildman–Crippen LogP) is 2.86. The molecular formula is C12H9ClN4. The molecule has 17 heavy (non-hydrogen) atoms. The highest BCUT2D eigenvalue weighted by molar-refractivity contribution is 6.28. The monoisotopic (exact) mass is 244 g/mol. The molecule has 0 aliphatic heterocycles. The van der Waals surface area contributed by atoms with Crippen molar-refractivity contribution in [3.63, 3.8) is 0 Å². The summed E-state index contributed by atoms with van der Waals surface area (Å²) >= 11 is 5.79. The summed E-state index contributed by atoms with van der Waals surface area (Å²) in [7, 11) is 0. The second kappa shape index (κ2) is 3.75. The molecule has 84 valence electrons. The first-order valence-electron chi connectivity index (χ1n) is 5.10.